The van der Waals surface area contributed by atoms with Gasteiger partial charge in [-0.2, -0.15) is 0 Å². The highest BCUT2D eigenvalue weighted by molar-refractivity contribution is 7.09. The number of anilines is 1. The third kappa shape index (κ3) is 4.47. The highest BCUT2D eigenvalue weighted by atomic mass is 32.1. The Hall–Kier alpha value is -1.65. The van der Waals surface area contributed by atoms with Gasteiger partial charge in [-0.3, -0.25) is 4.79 Å². The van der Waals surface area contributed by atoms with Crippen molar-refractivity contribution in [1.29, 1.82) is 0 Å². The number of quaternary nitrogens is 1. The monoisotopic (exact) mass is 289 g/mol. The Kier molecular flexibility index (Phi) is 4.93. The molecule has 0 bridgehead atoms. The zero-order valence-corrected chi connectivity index (χ0v) is 13.0. The first-order valence-electron chi connectivity index (χ1n) is 6.75. The fourth-order valence-corrected chi connectivity index (χ4v) is 3.12. The van der Waals surface area contributed by atoms with Crippen LogP contribution in [0.4, 0.5) is 5.69 Å². The lowest BCUT2D eigenvalue weighted by Crippen LogP contribution is -3.08. The zero-order valence-electron chi connectivity index (χ0n) is 12.2. The molecule has 0 saturated carbocycles. The predicted octanol–water partition coefficient (Wildman–Crippen LogP) is 2.02. The van der Waals surface area contributed by atoms with Gasteiger partial charge in [0.25, 0.3) is 5.91 Å². The molecule has 2 N–H and O–H groups in total. The van der Waals surface area contributed by atoms with Crippen molar-refractivity contribution in [2.24, 2.45) is 0 Å². The molecule has 1 amide bonds. The third-order valence-corrected chi connectivity index (χ3v) is 3.90. The Labute approximate surface area is 124 Å². The minimum absolute atomic E-state index is 0.0593. The van der Waals surface area contributed by atoms with Crippen LogP contribution in [-0.2, 0) is 11.3 Å². The molecular weight excluding hydrogens is 268 g/mol. The van der Waals surface area contributed by atoms with Gasteiger partial charge in [0, 0.05) is 5.69 Å². The molecule has 0 spiro atoms. The average molecular weight is 289 g/mol. The highest BCUT2D eigenvalue weighted by Crippen LogP contribution is 2.13. The number of hydrogen-bond donors (Lipinski definition) is 2. The van der Waals surface area contributed by atoms with Crippen LogP contribution in [0.5, 0.6) is 0 Å². The maximum Gasteiger partial charge on any atom is 0.279 e. The van der Waals surface area contributed by atoms with Crippen LogP contribution in [-0.4, -0.2) is 19.5 Å². The van der Waals surface area contributed by atoms with Gasteiger partial charge in [0.05, 0.1) is 11.9 Å². The number of nitrogens with one attached hydrogen (secondary N) is 2. The summed E-state index contributed by atoms with van der Waals surface area (Å²) in [4.78, 5) is 14.5. The molecule has 0 fully saturated rings. The summed E-state index contributed by atoms with van der Waals surface area (Å²) in [5, 5.41) is 5.05. The van der Waals surface area contributed by atoms with Gasteiger partial charge in [0.1, 0.15) is 6.54 Å². The van der Waals surface area contributed by atoms with E-state index in [1.807, 2.05) is 39.1 Å². The number of benzene rings is 1. The van der Waals surface area contributed by atoms with E-state index >= 15 is 0 Å². The van der Waals surface area contributed by atoms with Crippen molar-refractivity contribution in [1.82, 2.24) is 0 Å². The van der Waals surface area contributed by atoms with Gasteiger partial charge >= 0.3 is 0 Å². The number of aryl methyl sites for hydroxylation is 2. The van der Waals surface area contributed by atoms with Gasteiger partial charge in [-0.05, 0) is 48.6 Å². The topological polar surface area (TPSA) is 33.5 Å². The summed E-state index contributed by atoms with van der Waals surface area (Å²) >= 11 is 1.73. The number of carbonyl (C=O) groups is 1. The summed E-state index contributed by atoms with van der Waals surface area (Å²) in [6.45, 7) is 5.44. The summed E-state index contributed by atoms with van der Waals surface area (Å²) in [5.41, 5.74) is 3.22. The number of likely N-dealkylation sites (N-methyl/N-ethyl adjacent to an activating group) is 1. The number of thiophene rings is 1. The van der Waals surface area contributed by atoms with Crippen molar-refractivity contribution < 1.29 is 9.69 Å². The van der Waals surface area contributed by atoms with E-state index in [0.717, 1.165) is 12.2 Å². The lowest BCUT2D eigenvalue weighted by atomic mass is 10.1. The molecule has 2 aromatic rings. The van der Waals surface area contributed by atoms with Gasteiger partial charge in [0.15, 0.2) is 6.54 Å². The van der Waals surface area contributed by atoms with E-state index in [0.29, 0.717) is 6.54 Å². The van der Waals surface area contributed by atoms with E-state index in [1.165, 1.54) is 20.9 Å². The van der Waals surface area contributed by atoms with E-state index < -0.39 is 0 Å². The van der Waals surface area contributed by atoms with Crippen LogP contribution >= 0.6 is 11.3 Å². The second kappa shape index (κ2) is 6.68. The maximum absolute atomic E-state index is 12.0. The third-order valence-electron chi connectivity index (χ3n) is 3.02. The van der Waals surface area contributed by atoms with Crippen molar-refractivity contribution in [3.05, 3.63) is 51.7 Å². The van der Waals surface area contributed by atoms with Crippen LogP contribution in [0.3, 0.4) is 0 Å². The number of carbonyl (C=O) groups excluding carboxylic acids is 1. The first kappa shape index (κ1) is 14.8. The van der Waals surface area contributed by atoms with E-state index in [9.17, 15) is 4.79 Å². The molecule has 0 aliphatic heterocycles. The van der Waals surface area contributed by atoms with Gasteiger partial charge in [-0.25, -0.2) is 0 Å². The Morgan fingerprint density at radius 2 is 1.95 bits per heavy atom. The summed E-state index contributed by atoms with van der Waals surface area (Å²) in [6, 6.07) is 10.3. The molecule has 0 radical (unpaired) electrons. The van der Waals surface area contributed by atoms with Crippen molar-refractivity contribution in [2.75, 3.05) is 18.9 Å². The lowest BCUT2D eigenvalue weighted by Gasteiger charge is -2.13. The van der Waals surface area contributed by atoms with Crippen molar-refractivity contribution in [3.63, 3.8) is 0 Å². The Morgan fingerprint density at radius 3 is 2.55 bits per heavy atom. The average Bonchev–Trinajstić information content (AvgIpc) is 2.79. The van der Waals surface area contributed by atoms with E-state index in [4.69, 9.17) is 0 Å². The molecule has 2 rings (SSSR count). The van der Waals surface area contributed by atoms with Crippen molar-refractivity contribution in [3.8, 4) is 0 Å². The van der Waals surface area contributed by atoms with Crippen LogP contribution in [0.2, 0.25) is 0 Å². The fourth-order valence-electron chi connectivity index (χ4n) is 2.30. The first-order valence-corrected chi connectivity index (χ1v) is 7.63. The van der Waals surface area contributed by atoms with Gasteiger partial charge < -0.3 is 10.2 Å². The summed E-state index contributed by atoms with van der Waals surface area (Å²) in [5.74, 6) is 0.0593. The van der Waals surface area contributed by atoms with E-state index in [1.54, 1.807) is 11.3 Å². The van der Waals surface area contributed by atoms with Crippen LogP contribution in [0.15, 0.2) is 35.7 Å². The standard InChI is InChI=1S/C16H20N2OS/c1-12-7-13(2)9-14(8-12)17-16(19)11-18(3)10-15-5-4-6-20-15/h4-9H,10-11H2,1-3H3,(H,17,19)/p+1. The molecule has 0 aliphatic carbocycles. The molecule has 1 atom stereocenters. The predicted molar refractivity (Wildman–Crippen MR) is 84.3 cm³/mol. The minimum Gasteiger partial charge on any atom is -0.325 e. The molecule has 20 heavy (non-hydrogen) atoms. The second-order valence-corrected chi connectivity index (χ2v) is 6.35. The summed E-state index contributed by atoms with van der Waals surface area (Å²) in [6.07, 6.45) is 0. The molecule has 106 valence electrons. The lowest BCUT2D eigenvalue weighted by molar-refractivity contribution is -0.884. The zero-order chi connectivity index (χ0) is 14.5. The van der Waals surface area contributed by atoms with Crippen LogP contribution in [0.25, 0.3) is 0 Å². The minimum atomic E-state index is 0.0593. The second-order valence-electron chi connectivity index (χ2n) is 5.31. The van der Waals surface area contributed by atoms with Gasteiger partial charge in [-0.1, -0.05) is 12.1 Å². The molecule has 0 aliphatic rings. The number of amides is 1. The molecule has 1 heterocycles. The van der Waals surface area contributed by atoms with E-state index in [2.05, 4.69) is 22.8 Å². The molecule has 4 heteroatoms. The number of hydrogen-bond acceptors (Lipinski definition) is 2. The SMILES string of the molecule is Cc1cc(C)cc(NC(=O)C[NH+](C)Cc2cccs2)c1. The Balaban J connectivity index is 1.88. The number of rotatable bonds is 5. The summed E-state index contributed by atoms with van der Waals surface area (Å²) in [7, 11) is 2.04. The Bertz CT molecular complexity index is 558. The normalized spacial score (nSPS) is 12.2. The fraction of sp³-hybridized carbons (Fsp3) is 0.312. The molecule has 1 aromatic heterocycles. The molecule has 1 aromatic carbocycles. The van der Waals surface area contributed by atoms with Gasteiger partial charge in [-0.15, -0.1) is 11.3 Å². The van der Waals surface area contributed by atoms with Crippen molar-refractivity contribution >= 4 is 22.9 Å². The van der Waals surface area contributed by atoms with E-state index in [-0.39, 0.29) is 5.91 Å². The molecule has 3 nitrogen and oxygen atoms in total. The molecule has 1 unspecified atom stereocenters. The molecular formula is C16H21N2OS+. The maximum atomic E-state index is 12.0. The first-order chi connectivity index (χ1) is 9.52. The smallest absolute Gasteiger partial charge is 0.279 e. The Morgan fingerprint density at radius 1 is 1.25 bits per heavy atom. The van der Waals surface area contributed by atoms with Crippen LogP contribution < -0.4 is 10.2 Å². The van der Waals surface area contributed by atoms with Crippen LogP contribution in [0.1, 0.15) is 16.0 Å². The largest absolute Gasteiger partial charge is 0.325 e. The van der Waals surface area contributed by atoms with Crippen molar-refractivity contribution in [2.45, 2.75) is 20.4 Å². The quantitative estimate of drug-likeness (QED) is 0.867. The molecule has 0 saturated heterocycles. The highest BCUT2D eigenvalue weighted by Gasteiger charge is 2.11. The van der Waals surface area contributed by atoms with Crippen LogP contribution in [0, 0.1) is 13.8 Å². The summed E-state index contributed by atoms with van der Waals surface area (Å²) < 4.78 is 0. The van der Waals surface area contributed by atoms with Gasteiger partial charge in [0.2, 0.25) is 0 Å².